The molecule has 1 rings (SSSR count). The standard InChI is InChI=1S/C7H11N5O4/c13-5(10-11-7(15)16)8-1-3-12-4-2-9-6(12)14/h1-4H2,(H,8,13)(H,9,14)(H,15,16). The van der Waals surface area contributed by atoms with Crippen LogP contribution >= 0.6 is 0 Å². The van der Waals surface area contributed by atoms with Gasteiger partial charge in [0, 0.05) is 26.2 Å². The average Bonchev–Trinajstić information content (AvgIpc) is 2.61. The van der Waals surface area contributed by atoms with Gasteiger partial charge in [-0.3, -0.25) is 0 Å². The maximum Gasteiger partial charge on any atom is 0.450 e. The Bertz CT molecular complexity index is 329. The van der Waals surface area contributed by atoms with Crippen molar-refractivity contribution in [3.63, 3.8) is 0 Å². The smallest absolute Gasteiger partial charge is 0.450 e. The maximum atomic E-state index is 11.0. The van der Waals surface area contributed by atoms with E-state index in [1.54, 1.807) is 0 Å². The Morgan fingerprint density at radius 3 is 2.81 bits per heavy atom. The summed E-state index contributed by atoms with van der Waals surface area (Å²) in [7, 11) is 0. The number of nitrogens with one attached hydrogen (secondary N) is 2. The van der Waals surface area contributed by atoms with Crippen molar-refractivity contribution in [2.24, 2.45) is 10.2 Å². The summed E-state index contributed by atoms with van der Waals surface area (Å²) in [5, 5.41) is 18.5. The third-order valence-corrected chi connectivity index (χ3v) is 1.83. The molecule has 1 aliphatic rings. The molecule has 0 unspecified atom stereocenters. The van der Waals surface area contributed by atoms with Crippen LogP contribution in [0.25, 0.3) is 0 Å². The van der Waals surface area contributed by atoms with E-state index in [4.69, 9.17) is 5.11 Å². The Labute approximate surface area is 90.5 Å². The summed E-state index contributed by atoms with van der Waals surface area (Å²) in [6, 6.07) is -1.02. The highest BCUT2D eigenvalue weighted by atomic mass is 16.4. The highest BCUT2D eigenvalue weighted by Crippen LogP contribution is 1.94. The highest BCUT2D eigenvalue weighted by Gasteiger charge is 2.18. The van der Waals surface area contributed by atoms with E-state index in [0.29, 0.717) is 19.6 Å². The second-order valence-electron chi connectivity index (χ2n) is 2.93. The molecule has 9 heteroatoms. The summed E-state index contributed by atoms with van der Waals surface area (Å²) >= 11 is 0. The van der Waals surface area contributed by atoms with E-state index in [1.165, 1.54) is 4.90 Å². The molecule has 5 amide bonds. The number of amides is 5. The fraction of sp³-hybridized carbons (Fsp3) is 0.571. The van der Waals surface area contributed by atoms with E-state index in [0.717, 1.165) is 0 Å². The molecular weight excluding hydrogens is 218 g/mol. The zero-order chi connectivity index (χ0) is 12.0. The van der Waals surface area contributed by atoms with Crippen LogP contribution in [-0.4, -0.2) is 54.3 Å². The quantitative estimate of drug-likeness (QED) is 0.582. The zero-order valence-corrected chi connectivity index (χ0v) is 8.34. The van der Waals surface area contributed by atoms with E-state index in [-0.39, 0.29) is 12.6 Å². The molecule has 0 spiro atoms. The van der Waals surface area contributed by atoms with E-state index < -0.39 is 12.1 Å². The molecule has 88 valence electrons. The molecule has 0 radical (unpaired) electrons. The number of carbonyl (C=O) groups excluding carboxylic acids is 2. The minimum atomic E-state index is -1.53. The molecule has 3 N–H and O–H groups in total. The molecule has 1 fully saturated rings. The summed E-state index contributed by atoms with van der Waals surface area (Å²) in [4.78, 5) is 33.3. The Hall–Kier alpha value is -2.19. The third-order valence-electron chi connectivity index (χ3n) is 1.83. The number of urea groups is 2. The van der Waals surface area contributed by atoms with E-state index in [1.807, 2.05) is 0 Å². The lowest BCUT2D eigenvalue weighted by Crippen LogP contribution is -2.35. The Kier molecular flexibility index (Phi) is 4.18. The summed E-state index contributed by atoms with van der Waals surface area (Å²) in [6.07, 6.45) is -1.53. The largest absolute Gasteiger partial charge is 0.462 e. The predicted octanol–water partition coefficient (Wildman–Crippen LogP) is -0.149. The topological polar surface area (TPSA) is 123 Å². The molecule has 1 heterocycles. The number of rotatable bonds is 3. The number of azo groups is 1. The minimum Gasteiger partial charge on any atom is -0.462 e. The lowest BCUT2D eigenvalue weighted by Gasteiger charge is -2.13. The first-order valence-electron chi connectivity index (χ1n) is 4.55. The van der Waals surface area contributed by atoms with Crippen LogP contribution in [0.4, 0.5) is 14.4 Å². The molecule has 0 atom stereocenters. The van der Waals surface area contributed by atoms with Crippen LogP contribution in [0, 0.1) is 0 Å². The number of nitrogens with zero attached hydrogens (tertiary/aromatic N) is 3. The fourth-order valence-electron chi connectivity index (χ4n) is 1.15. The van der Waals surface area contributed by atoms with Crippen LogP contribution in [0.3, 0.4) is 0 Å². The number of carboxylic acid groups (broad SMARTS) is 1. The molecule has 0 aliphatic carbocycles. The van der Waals surface area contributed by atoms with Gasteiger partial charge in [0.25, 0.3) is 0 Å². The first-order chi connectivity index (χ1) is 7.59. The molecule has 16 heavy (non-hydrogen) atoms. The Morgan fingerprint density at radius 1 is 1.50 bits per heavy atom. The van der Waals surface area contributed by atoms with Crippen LogP contribution in [0.5, 0.6) is 0 Å². The van der Waals surface area contributed by atoms with Gasteiger partial charge < -0.3 is 20.6 Å². The summed E-state index contributed by atoms with van der Waals surface area (Å²) in [6.45, 7) is 1.72. The van der Waals surface area contributed by atoms with Gasteiger partial charge in [-0.05, 0) is 0 Å². The molecule has 1 aliphatic heterocycles. The number of hydrogen-bond acceptors (Lipinski definition) is 3. The van der Waals surface area contributed by atoms with E-state index in [9.17, 15) is 14.4 Å². The van der Waals surface area contributed by atoms with Gasteiger partial charge in [0.15, 0.2) is 0 Å². The second-order valence-corrected chi connectivity index (χ2v) is 2.93. The van der Waals surface area contributed by atoms with Crippen LogP contribution in [0.2, 0.25) is 0 Å². The van der Waals surface area contributed by atoms with Crippen LogP contribution in [0.1, 0.15) is 0 Å². The van der Waals surface area contributed by atoms with Gasteiger partial charge in [0.1, 0.15) is 0 Å². The number of carbonyl (C=O) groups is 3. The Balaban J connectivity index is 2.17. The molecule has 0 aromatic rings. The average molecular weight is 229 g/mol. The highest BCUT2D eigenvalue weighted by molar-refractivity contribution is 5.77. The van der Waals surface area contributed by atoms with E-state index in [2.05, 4.69) is 20.9 Å². The monoisotopic (exact) mass is 229 g/mol. The van der Waals surface area contributed by atoms with Gasteiger partial charge in [0.2, 0.25) is 0 Å². The van der Waals surface area contributed by atoms with Crippen molar-refractivity contribution in [3.8, 4) is 0 Å². The molecule has 1 saturated heterocycles. The van der Waals surface area contributed by atoms with Gasteiger partial charge in [-0.15, -0.1) is 0 Å². The van der Waals surface area contributed by atoms with Gasteiger partial charge >= 0.3 is 18.2 Å². The molecule has 0 saturated carbocycles. The predicted molar refractivity (Wildman–Crippen MR) is 51.3 cm³/mol. The van der Waals surface area contributed by atoms with Crippen molar-refractivity contribution < 1.29 is 19.5 Å². The lowest BCUT2D eigenvalue weighted by molar-refractivity contribution is 0.202. The molecule has 9 nitrogen and oxygen atoms in total. The minimum absolute atomic E-state index is 0.179. The zero-order valence-electron chi connectivity index (χ0n) is 8.34. The van der Waals surface area contributed by atoms with Crippen LogP contribution in [0.15, 0.2) is 10.2 Å². The van der Waals surface area contributed by atoms with Crippen LogP contribution < -0.4 is 10.6 Å². The third kappa shape index (κ3) is 3.90. The van der Waals surface area contributed by atoms with Gasteiger partial charge in [-0.25, -0.2) is 14.4 Å². The van der Waals surface area contributed by atoms with Crippen molar-refractivity contribution in [2.45, 2.75) is 0 Å². The van der Waals surface area contributed by atoms with Crippen molar-refractivity contribution in [3.05, 3.63) is 0 Å². The van der Waals surface area contributed by atoms with Crippen molar-refractivity contribution in [2.75, 3.05) is 26.2 Å². The SMILES string of the molecule is O=C(O)N=NC(=O)NCCN1CCNC1=O. The lowest BCUT2D eigenvalue weighted by atomic mass is 10.5. The first kappa shape index (κ1) is 11.9. The summed E-state index contributed by atoms with van der Waals surface area (Å²) in [5.74, 6) is 0. The van der Waals surface area contributed by atoms with Crippen molar-refractivity contribution in [1.29, 1.82) is 0 Å². The summed E-state index contributed by atoms with van der Waals surface area (Å²) < 4.78 is 0. The van der Waals surface area contributed by atoms with Gasteiger partial charge in [0.05, 0.1) is 0 Å². The molecule has 0 bridgehead atoms. The number of hydrogen-bond donors (Lipinski definition) is 3. The summed E-state index contributed by atoms with van der Waals surface area (Å²) in [5.41, 5.74) is 0. The van der Waals surface area contributed by atoms with Crippen LogP contribution in [-0.2, 0) is 0 Å². The molecule has 0 aromatic heterocycles. The maximum absolute atomic E-state index is 11.0. The second kappa shape index (κ2) is 5.63. The molecule has 0 aromatic carbocycles. The molecular formula is C7H11N5O4. The van der Waals surface area contributed by atoms with Crippen molar-refractivity contribution >= 4 is 18.2 Å². The Morgan fingerprint density at radius 2 is 2.25 bits per heavy atom. The van der Waals surface area contributed by atoms with E-state index >= 15 is 0 Å². The normalized spacial score (nSPS) is 15.2. The van der Waals surface area contributed by atoms with Gasteiger partial charge in [-0.2, -0.15) is 0 Å². The van der Waals surface area contributed by atoms with Crippen molar-refractivity contribution in [1.82, 2.24) is 15.5 Å². The fourth-order valence-corrected chi connectivity index (χ4v) is 1.15. The first-order valence-corrected chi connectivity index (χ1v) is 4.55. The van der Waals surface area contributed by atoms with Gasteiger partial charge in [-0.1, -0.05) is 10.2 Å².